The van der Waals surface area contributed by atoms with Crippen molar-refractivity contribution in [3.63, 3.8) is 0 Å². The molecule has 1 aromatic heterocycles. The summed E-state index contributed by atoms with van der Waals surface area (Å²) in [5, 5.41) is 10.2. The number of fused-ring (bicyclic) bond motifs is 1. The number of benzene rings is 2. The van der Waals surface area contributed by atoms with E-state index < -0.39 is 23.1 Å². The second-order valence-corrected chi connectivity index (χ2v) is 5.74. The number of halogens is 2. The zero-order valence-electron chi connectivity index (χ0n) is 13.5. The van der Waals surface area contributed by atoms with E-state index in [9.17, 15) is 13.6 Å². The van der Waals surface area contributed by atoms with Crippen molar-refractivity contribution < 1.29 is 22.9 Å². The highest BCUT2D eigenvalue weighted by Crippen LogP contribution is 2.31. The van der Waals surface area contributed by atoms with Crippen molar-refractivity contribution >= 4 is 28.3 Å². The van der Waals surface area contributed by atoms with E-state index in [0.29, 0.717) is 37.3 Å². The molecule has 9 heteroatoms. The van der Waals surface area contributed by atoms with E-state index >= 15 is 0 Å². The van der Waals surface area contributed by atoms with Gasteiger partial charge in [0.25, 0.3) is 5.91 Å². The van der Waals surface area contributed by atoms with Crippen molar-refractivity contribution in [1.82, 2.24) is 10.3 Å². The average Bonchev–Trinajstić information content (AvgIpc) is 3.13. The summed E-state index contributed by atoms with van der Waals surface area (Å²) in [7, 11) is 0. The number of aromatic nitrogens is 2. The molecule has 134 valence electrons. The number of carbonyl (C=O) groups is 1. The number of ether oxygens (including phenoxy) is 1. The number of nitrogens with one attached hydrogen (secondary N) is 1. The molecule has 0 aliphatic carbocycles. The number of rotatable bonds is 3. The Morgan fingerprint density at radius 1 is 1.04 bits per heavy atom. The fourth-order valence-electron chi connectivity index (χ4n) is 2.91. The van der Waals surface area contributed by atoms with Crippen molar-refractivity contribution in [3.05, 3.63) is 47.5 Å². The molecule has 0 spiro atoms. The lowest BCUT2D eigenvalue weighted by Crippen LogP contribution is -2.36. The average molecular weight is 360 g/mol. The summed E-state index contributed by atoms with van der Waals surface area (Å²) >= 11 is 0. The van der Waals surface area contributed by atoms with Crippen molar-refractivity contribution in [2.45, 2.75) is 0 Å². The van der Waals surface area contributed by atoms with Gasteiger partial charge < -0.3 is 15.0 Å². The maximum Gasteiger partial charge on any atom is 0.261 e. The lowest BCUT2D eigenvalue weighted by Gasteiger charge is -2.28. The van der Waals surface area contributed by atoms with E-state index in [2.05, 4.69) is 20.5 Å². The Hall–Kier alpha value is -3.07. The molecule has 4 rings (SSSR count). The van der Waals surface area contributed by atoms with Crippen LogP contribution in [0.15, 0.2) is 35.0 Å². The molecule has 0 unspecified atom stereocenters. The van der Waals surface area contributed by atoms with Crippen LogP contribution in [0.5, 0.6) is 0 Å². The van der Waals surface area contributed by atoms with Crippen LogP contribution in [0.25, 0.3) is 11.0 Å². The van der Waals surface area contributed by atoms with E-state index in [1.165, 1.54) is 6.07 Å². The molecule has 0 atom stereocenters. The number of hydrogen-bond acceptors (Lipinski definition) is 6. The minimum absolute atomic E-state index is 0.255. The van der Waals surface area contributed by atoms with Crippen LogP contribution in [0.1, 0.15) is 10.4 Å². The van der Waals surface area contributed by atoms with E-state index in [-0.39, 0.29) is 5.69 Å². The van der Waals surface area contributed by atoms with E-state index in [4.69, 9.17) is 9.37 Å². The summed E-state index contributed by atoms with van der Waals surface area (Å²) in [6, 6.07) is 6.59. The van der Waals surface area contributed by atoms with Crippen LogP contribution < -0.4 is 10.2 Å². The Balaban J connectivity index is 1.68. The first kappa shape index (κ1) is 16.4. The van der Waals surface area contributed by atoms with Gasteiger partial charge in [-0.15, -0.1) is 0 Å². The maximum absolute atomic E-state index is 13.8. The van der Waals surface area contributed by atoms with E-state index in [1.54, 1.807) is 12.1 Å². The van der Waals surface area contributed by atoms with Gasteiger partial charge in [-0.05, 0) is 34.6 Å². The minimum Gasteiger partial charge on any atom is -0.378 e. The van der Waals surface area contributed by atoms with E-state index in [1.807, 2.05) is 0 Å². The molecule has 1 aliphatic rings. The topological polar surface area (TPSA) is 80.5 Å². The van der Waals surface area contributed by atoms with Crippen LogP contribution in [0.2, 0.25) is 0 Å². The number of nitrogens with zero attached hydrogens (tertiary/aromatic N) is 3. The summed E-state index contributed by atoms with van der Waals surface area (Å²) in [6.45, 7) is 2.57. The second kappa shape index (κ2) is 6.68. The molecule has 3 aromatic rings. The Bertz CT molecular complexity index is 950. The highest BCUT2D eigenvalue weighted by atomic mass is 19.1. The van der Waals surface area contributed by atoms with Gasteiger partial charge in [0.15, 0.2) is 11.0 Å². The van der Waals surface area contributed by atoms with Gasteiger partial charge in [-0.1, -0.05) is 6.07 Å². The van der Waals surface area contributed by atoms with Gasteiger partial charge in [0, 0.05) is 13.1 Å². The first-order valence-electron chi connectivity index (χ1n) is 7.98. The normalized spacial score (nSPS) is 14.6. The highest BCUT2D eigenvalue weighted by molar-refractivity contribution is 6.09. The van der Waals surface area contributed by atoms with Crippen molar-refractivity contribution in [2.75, 3.05) is 36.5 Å². The van der Waals surface area contributed by atoms with Gasteiger partial charge in [0.05, 0.1) is 24.6 Å². The summed E-state index contributed by atoms with van der Waals surface area (Å²) in [4.78, 5) is 14.4. The molecular weight excluding hydrogens is 346 g/mol. The second-order valence-electron chi connectivity index (χ2n) is 5.74. The standard InChI is InChI=1S/C17H14F2N4O3/c18-10-2-1-3-11(19)14(10)17(24)20-12-4-5-13(16-15(12)21-26-22-16)23-6-8-25-9-7-23/h1-5H,6-9H2,(H,20,24). The van der Waals surface area contributed by atoms with Gasteiger partial charge in [0.1, 0.15) is 17.2 Å². The molecule has 1 N–H and O–H groups in total. The molecule has 2 heterocycles. The SMILES string of the molecule is O=C(Nc1ccc(N2CCOCC2)c2nonc12)c1c(F)cccc1F. The minimum atomic E-state index is -0.943. The predicted octanol–water partition coefficient (Wildman–Crippen LogP) is 2.59. The van der Waals surface area contributed by atoms with Gasteiger partial charge in [-0.25, -0.2) is 13.4 Å². The van der Waals surface area contributed by atoms with Gasteiger partial charge in [-0.2, -0.15) is 0 Å². The highest BCUT2D eigenvalue weighted by Gasteiger charge is 2.22. The number of hydrogen-bond donors (Lipinski definition) is 1. The molecule has 1 fully saturated rings. The fourth-order valence-corrected chi connectivity index (χ4v) is 2.91. The third kappa shape index (κ3) is 2.86. The number of amides is 1. The van der Waals surface area contributed by atoms with Crippen LogP contribution in [-0.2, 0) is 4.74 Å². The lowest BCUT2D eigenvalue weighted by atomic mass is 10.1. The van der Waals surface area contributed by atoms with Crippen LogP contribution in [0.3, 0.4) is 0 Å². The first-order chi connectivity index (χ1) is 12.6. The smallest absolute Gasteiger partial charge is 0.261 e. The zero-order chi connectivity index (χ0) is 18.1. The summed E-state index contributed by atoms with van der Waals surface area (Å²) in [6.07, 6.45) is 0. The van der Waals surface area contributed by atoms with Crippen LogP contribution in [-0.4, -0.2) is 42.5 Å². The number of anilines is 2. The predicted molar refractivity (Wildman–Crippen MR) is 89.1 cm³/mol. The molecule has 1 aliphatic heterocycles. The molecule has 0 saturated carbocycles. The first-order valence-corrected chi connectivity index (χ1v) is 7.98. The monoisotopic (exact) mass is 360 g/mol. The molecule has 2 aromatic carbocycles. The quantitative estimate of drug-likeness (QED) is 0.773. The zero-order valence-corrected chi connectivity index (χ0v) is 13.5. The molecule has 7 nitrogen and oxygen atoms in total. The molecule has 1 amide bonds. The Morgan fingerprint density at radius 2 is 1.73 bits per heavy atom. The van der Waals surface area contributed by atoms with Gasteiger partial charge >= 0.3 is 0 Å². The van der Waals surface area contributed by atoms with Crippen LogP contribution >= 0.6 is 0 Å². The Kier molecular flexibility index (Phi) is 4.21. The van der Waals surface area contributed by atoms with E-state index in [0.717, 1.165) is 17.8 Å². The summed E-state index contributed by atoms with van der Waals surface area (Å²) in [5.74, 6) is -2.80. The number of morpholine rings is 1. The van der Waals surface area contributed by atoms with Crippen LogP contribution in [0, 0.1) is 11.6 Å². The number of carbonyl (C=O) groups excluding carboxylic acids is 1. The Labute approximate surface area is 146 Å². The van der Waals surface area contributed by atoms with Gasteiger partial charge in [-0.3, -0.25) is 4.79 Å². The molecule has 0 radical (unpaired) electrons. The Morgan fingerprint density at radius 3 is 2.46 bits per heavy atom. The maximum atomic E-state index is 13.8. The van der Waals surface area contributed by atoms with Crippen LogP contribution in [0.4, 0.5) is 20.2 Å². The van der Waals surface area contributed by atoms with Crippen molar-refractivity contribution in [2.24, 2.45) is 0 Å². The third-order valence-electron chi connectivity index (χ3n) is 4.18. The summed E-state index contributed by atoms with van der Waals surface area (Å²) in [5.41, 5.74) is 1.15. The molecular formula is C17H14F2N4O3. The fraction of sp³-hybridized carbons (Fsp3) is 0.235. The summed E-state index contributed by atoms with van der Waals surface area (Å²) < 4.78 is 37.7. The third-order valence-corrected chi connectivity index (χ3v) is 4.18. The van der Waals surface area contributed by atoms with Crippen molar-refractivity contribution in [3.8, 4) is 0 Å². The molecule has 26 heavy (non-hydrogen) atoms. The largest absolute Gasteiger partial charge is 0.378 e. The van der Waals surface area contributed by atoms with Gasteiger partial charge in [0.2, 0.25) is 0 Å². The lowest BCUT2D eigenvalue weighted by molar-refractivity contribution is 0.101. The van der Waals surface area contributed by atoms with Crippen molar-refractivity contribution in [1.29, 1.82) is 0 Å². The molecule has 0 bridgehead atoms. The molecule has 1 saturated heterocycles.